The topological polar surface area (TPSA) is 56.0 Å². The number of aromatic nitrogens is 1. The van der Waals surface area contributed by atoms with Gasteiger partial charge in [0.05, 0.1) is 10.6 Å². The van der Waals surface area contributed by atoms with Gasteiger partial charge in [0.2, 0.25) is 0 Å². The summed E-state index contributed by atoms with van der Waals surface area (Å²) in [4.78, 5) is 17.0. The van der Waals surface area contributed by atoms with E-state index in [-0.39, 0.29) is 5.78 Å². The molecular weight excluding hydrogens is 244 g/mol. The fraction of sp³-hybridized carbons (Fsp3) is 0.0909. The summed E-state index contributed by atoms with van der Waals surface area (Å²) in [7, 11) is 0. The van der Waals surface area contributed by atoms with Crippen molar-refractivity contribution in [2.24, 2.45) is 0 Å². The van der Waals surface area contributed by atoms with Gasteiger partial charge in [-0.25, -0.2) is 4.98 Å². The lowest BCUT2D eigenvalue weighted by molar-refractivity contribution is 0.0987. The lowest BCUT2D eigenvalue weighted by Gasteiger charge is -2.17. The largest absolute Gasteiger partial charge is 0.375 e. The van der Waals surface area contributed by atoms with Gasteiger partial charge in [-0.2, -0.15) is 0 Å². The third-order valence-corrected chi connectivity index (χ3v) is 4.07. The number of thiazole rings is 1. The van der Waals surface area contributed by atoms with E-state index in [0.717, 1.165) is 16.1 Å². The first-order valence-corrected chi connectivity index (χ1v) is 5.97. The highest BCUT2D eigenvalue weighted by Gasteiger charge is 2.33. The second kappa shape index (κ2) is 3.30. The van der Waals surface area contributed by atoms with Gasteiger partial charge >= 0.3 is 0 Å². The van der Waals surface area contributed by atoms with Gasteiger partial charge in [-0.3, -0.25) is 4.79 Å². The third kappa shape index (κ3) is 1.20. The number of anilines is 1. The molecule has 1 aromatic heterocycles. The molecule has 5 heteroatoms. The molecule has 16 heavy (non-hydrogen) atoms. The minimum Gasteiger partial charge on any atom is -0.375 e. The van der Waals surface area contributed by atoms with Crippen LogP contribution < -0.4 is 5.73 Å². The van der Waals surface area contributed by atoms with Crippen molar-refractivity contribution in [2.45, 2.75) is 5.38 Å². The van der Waals surface area contributed by atoms with E-state index >= 15 is 0 Å². The molecule has 3 rings (SSSR count). The van der Waals surface area contributed by atoms with Crippen molar-refractivity contribution in [3.05, 3.63) is 34.7 Å². The number of alkyl halides is 1. The average molecular weight is 251 g/mol. The Morgan fingerprint density at radius 3 is 2.75 bits per heavy atom. The predicted molar refractivity (Wildman–Crippen MR) is 64.9 cm³/mol. The summed E-state index contributed by atoms with van der Waals surface area (Å²) in [5, 5.41) is -0.208. The molecule has 1 unspecified atom stereocenters. The molecular formula is C11H7ClN2OS. The van der Waals surface area contributed by atoms with E-state index in [1.807, 2.05) is 18.2 Å². The molecule has 0 bridgehead atoms. The van der Waals surface area contributed by atoms with Crippen LogP contribution in [0.3, 0.4) is 0 Å². The number of benzene rings is 1. The number of ketones is 1. The standard InChI is InChI=1S/C11H7ClN2OS/c12-7-9(15)6-4-2-1-3-5(6)8-10(7)16-11(13)14-8/h1-4,7H,(H2,13,14). The van der Waals surface area contributed by atoms with E-state index in [0.29, 0.717) is 10.7 Å². The number of carbonyl (C=O) groups is 1. The molecule has 1 aromatic carbocycles. The van der Waals surface area contributed by atoms with Gasteiger partial charge in [-0.15, -0.1) is 11.6 Å². The summed E-state index contributed by atoms with van der Waals surface area (Å²) in [6.45, 7) is 0. The molecule has 0 radical (unpaired) electrons. The van der Waals surface area contributed by atoms with Gasteiger partial charge in [0, 0.05) is 11.1 Å². The Balaban J connectivity index is 2.36. The minimum absolute atomic E-state index is 0.0755. The minimum atomic E-state index is -0.653. The Labute approximate surface area is 101 Å². The molecule has 3 nitrogen and oxygen atoms in total. The molecule has 1 heterocycles. The van der Waals surface area contributed by atoms with Crippen molar-refractivity contribution in [1.82, 2.24) is 4.98 Å². The smallest absolute Gasteiger partial charge is 0.186 e. The van der Waals surface area contributed by atoms with Gasteiger partial charge in [0.1, 0.15) is 5.38 Å². The van der Waals surface area contributed by atoms with Crippen LogP contribution in [-0.2, 0) is 0 Å². The zero-order valence-corrected chi connectivity index (χ0v) is 9.68. The van der Waals surface area contributed by atoms with E-state index < -0.39 is 5.38 Å². The molecule has 1 aliphatic carbocycles. The number of nitrogen functional groups attached to an aromatic ring is 1. The molecule has 2 N–H and O–H groups in total. The zero-order chi connectivity index (χ0) is 11.3. The summed E-state index contributed by atoms with van der Waals surface area (Å²) in [6, 6.07) is 7.33. The van der Waals surface area contributed by atoms with E-state index in [9.17, 15) is 4.79 Å². The number of Topliss-reactive ketones (excluding diaryl/α,β-unsaturated/α-hetero) is 1. The Morgan fingerprint density at radius 1 is 1.31 bits per heavy atom. The SMILES string of the molecule is Nc1nc2c(s1)C(Cl)C(=O)c1ccccc1-2. The Bertz CT molecular complexity index is 593. The van der Waals surface area contributed by atoms with Crippen molar-refractivity contribution in [1.29, 1.82) is 0 Å². The molecule has 0 fully saturated rings. The van der Waals surface area contributed by atoms with Crippen LogP contribution >= 0.6 is 22.9 Å². The number of halogens is 1. The average Bonchev–Trinajstić information content (AvgIpc) is 2.68. The number of hydrogen-bond donors (Lipinski definition) is 1. The first-order chi connectivity index (χ1) is 7.68. The molecule has 0 saturated carbocycles. The van der Waals surface area contributed by atoms with Gasteiger partial charge < -0.3 is 5.73 Å². The van der Waals surface area contributed by atoms with Crippen LogP contribution in [0.1, 0.15) is 20.6 Å². The fourth-order valence-electron chi connectivity index (χ4n) is 1.87. The van der Waals surface area contributed by atoms with E-state index in [4.69, 9.17) is 17.3 Å². The highest BCUT2D eigenvalue weighted by molar-refractivity contribution is 7.16. The maximum absolute atomic E-state index is 12.0. The Hall–Kier alpha value is -1.39. The Morgan fingerprint density at radius 2 is 2.00 bits per heavy atom. The van der Waals surface area contributed by atoms with Crippen LogP contribution in [0.4, 0.5) is 5.13 Å². The van der Waals surface area contributed by atoms with Crippen molar-refractivity contribution in [3.63, 3.8) is 0 Å². The summed E-state index contributed by atoms with van der Waals surface area (Å²) in [5.41, 5.74) is 7.86. The molecule has 0 amide bonds. The number of nitrogens with zero attached hydrogens (tertiary/aromatic N) is 1. The van der Waals surface area contributed by atoms with Crippen LogP contribution in [0, 0.1) is 0 Å². The summed E-state index contributed by atoms with van der Waals surface area (Å²) in [6.07, 6.45) is 0. The van der Waals surface area contributed by atoms with Crippen molar-refractivity contribution in [3.8, 4) is 11.3 Å². The molecule has 0 saturated heterocycles. The zero-order valence-electron chi connectivity index (χ0n) is 8.11. The molecule has 1 atom stereocenters. The molecule has 1 aliphatic rings. The first-order valence-electron chi connectivity index (χ1n) is 4.72. The van der Waals surface area contributed by atoms with Crippen LogP contribution in [0.2, 0.25) is 0 Å². The van der Waals surface area contributed by atoms with E-state index in [1.165, 1.54) is 11.3 Å². The number of rotatable bonds is 0. The second-order valence-corrected chi connectivity index (χ2v) is 5.04. The fourth-order valence-corrected chi connectivity index (χ4v) is 3.05. The highest BCUT2D eigenvalue weighted by Crippen LogP contribution is 2.44. The van der Waals surface area contributed by atoms with Crippen LogP contribution in [0.5, 0.6) is 0 Å². The molecule has 2 aromatic rings. The number of fused-ring (bicyclic) bond motifs is 3. The first kappa shape index (κ1) is 9.81. The highest BCUT2D eigenvalue weighted by atomic mass is 35.5. The monoisotopic (exact) mass is 250 g/mol. The van der Waals surface area contributed by atoms with Gasteiger partial charge in [0.25, 0.3) is 0 Å². The van der Waals surface area contributed by atoms with Crippen LogP contribution in [0.25, 0.3) is 11.3 Å². The van der Waals surface area contributed by atoms with Crippen molar-refractivity contribution in [2.75, 3.05) is 5.73 Å². The van der Waals surface area contributed by atoms with Gasteiger partial charge in [0.15, 0.2) is 10.9 Å². The molecule has 0 spiro atoms. The van der Waals surface area contributed by atoms with Crippen molar-refractivity contribution < 1.29 is 4.79 Å². The van der Waals surface area contributed by atoms with Gasteiger partial charge in [-0.05, 0) is 0 Å². The summed E-state index contributed by atoms with van der Waals surface area (Å²) in [5.74, 6) is -0.0755. The second-order valence-electron chi connectivity index (χ2n) is 3.54. The van der Waals surface area contributed by atoms with E-state index in [1.54, 1.807) is 6.07 Å². The lowest BCUT2D eigenvalue weighted by Crippen LogP contribution is -2.13. The maximum atomic E-state index is 12.0. The molecule has 80 valence electrons. The Kier molecular flexibility index (Phi) is 2.02. The van der Waals surface area contributed by atoms with Gasteiger partial charge in [-0.1, -0.05) is 35.6 Å². The van der Waals surface area contributed by atoms with Crippen LogP contribution in [-0.4, -0.2) is 10.8 Å². The normalized spacial score (nSPS) is 18.1. The number of carbonyl (C=O) groups excluding carboxylic acids is 1. The van der Waals surface area contributed by atoms with E-state index in [2.05, 4.69) is 4.98 Å². The quantitative estimate of drug-likeness (QED) is 0.732. The summed E-state index contributed by atoms with van der Waals surface area (Å²) >= 11 is 7.38. The number of hydrogen-bond acceptors (Lipinski definition) is 4. The molecule has 0 aliphatic heterocycles. The lowest BCUT2D eigenvalue weighted by atomic mass is 9.92. The van der Waals surface area contributed by atoms with Crippen molar-refractivity contribution >= 4 is 33.9 Å². The maximum Gasteiger partial charge on any atom is 0.186 e. The third-order valence-electron chi connectivity index (χ3n) is 2.58. The predicted octanol–water partition coefficient (Wildman–Crippen LogP) is 2.87. The number of nitrogens with two attached hydrogens (primary N) is 1. The summed E-state index contributed by atoms with van der Waals surface area (Å²) < 4.78 is 0. The van der Waals surface area contributed by atoms with Crippen LogP contribution in [0.15, 0.2) is 24.3 Å².